The second kappa shape index (κ2) is 11.2. The summed E-state index contributed by atoms with van der Waals surface area (Å²) in [5.41, 5.74) is 3.59. The van der Waals surface area contributed by atoms with E-state index in [0.29, 0.717) is 32.7 Å². The van der Waals surface area contributed by atoms with E-state index in [4.69, 9.17) is 0 Å². The zero-order valence-corrected chi connectivity index (χ0v) is 18.6. The fourth-order valence-corrected chi connectivity index (χ4v) is 3.62. The van der Waals surface area contributed by atoms with Crippen LogP contribution in [0.2, 0.25) is 0 Å². The number of carbonyl (C=O) groups is 3. The molecular formula is C25H30N4O3. The summed E-state index contributed by atoms with van der Waals surface area (Å²) in [5.74, 6) is -0.198. The van der Waals surface area contributed by atoms with Crippen LogP contribution in [-0.2, 0) is 20.8 Å². The minimum Gasteiger partial charge on any atom is -0.337 e. The van der Waals surface area contributed by atoms with E-state index in [1.807, 2.05) is 36.4 Å². The number of anilines is 2. The third kappa shape index (κ3) is 6.78. The number of hydrogen-bond donors (Lipinski definition) is 2. The van der Waals surface area contributed by atoms with Gasteiger partial charge < -0.3 is 15.5 Å². The van der Waals surface area contributed by atoms with Gasteiger partial charge in [-0.2, -0.15) is 0 Å². The minimum atomic E-state index is -0.120. The fourth-order valence-electron chi connectivity index (χ4n) is 3.62. The van der Waals surface area contributed by atoms with Crippen molar-refractivity contribution in [1.82, 2.24) is 9.80 Å². The lowest BCUT2D eigenvalue weighted by Crippen LogP contribution is -2.50. The number of hydrogen-bond acceptors (Lipinski definition) is 4. The van der Waals surface area contributed by atoms with Crippen LogP contribution in [0.4, 0.5) is 11.4 Å². The highest BCUT2D eigenvalue weighted by Crippen LogP contribution is 2.16. The van der Waals surface area contributed by atoms with Crippen molar-refractivity contribution in [2.45, 2.75) is 20.3 Å². The Hall–Kier alpha value is -3.45. The Kier molecular flexibility index (Phi) is 8.16. The Bertz CT molecular complexity index is 977. The number of nitrogens with zero attached hydrogens (tertiary/aromatic N) is 2. The molecule has 32 heavy (non-hydrogen) atoms. The summed E-state index contributed by atoms with van der Waals surface area (Å²) in [7, 11) is 0. The molecule has 0 unspecified atom stereocenters. The molecule has 0 radical (unpaired) electrons. The van der Waals surface area contributed by atoms with Crippen LogP contribution in [-0.4, -0.2) is 60.2 Å². The topological polar surface area (TPSA) is 81.8 Å². The van der Waals surface area contributed by atoms with Crippen LogP contribution < -0.4 is 10.6 Å². The number of piperazine rings is 1. The normalized spacial score (nSPS) is 14.4. The lowest BCUT2D eigenvalue weighted by atomic mass is 10.1. The summed E-state index contributed by atoms with van der Waals surface area (Å²) in [4.78, 5) is 39.9. The van der Waals surface area contributed by atoms with Gasteiger partial charge in [0.1, 0.15) is 0 Å². The first-order chi connectivity index (χ1) is 15.4. The van der Waals surface area contributed by atoms with E-state index in [-0.39, 0.29) is 17.7 Å². The number of amides is 3. The molecule has 1 fully saturated rings. The van der Waals surface area contributed by atoms with Crippen molar-refractivity contribution < 1.29 is 14.4 Å². The molecule has 0 aromatic heterocycles. The van der Waals surface area contributed by atoms with E-state index in [0.717, 1.165) is 28.9 Å². The number of nitrogens with one attached hydrogen (secondary N) is 2. The number of para-hydroxylation sites is 1. The number of rotatable bonds is 7. The third-order valence-corrected chi connectivity index (χ3v) is 5.37. The van der Waals surface area contributed by atoms with E-state index in [1.54, 1.807) is 29.2 Å². The maximum Gasteiger partial charge on any atom is 0.246 e. The average Bonchev–Trinajstić information content (AvgIpc) is 2.79. The predicted octanol–water partition coefficient (Wildman–Crippen LogP) is 3.00. The van der Waals surface area contributed by atoms with Crippen molar-refractivity contribution in [3.05, 3.63) is 65.7 Å². The second-order valence-electron chi connectivity index (χ2n) is 7.80. The monoisotopic (exact) mass is 434 g/mol. The number of carbonyl (C=O) groups excluding carboxylic acids is 3. The van der Waals surface area contributed by atoms with Crippen molar-refractivity contribution in [3.8, 4) is 0 Å². The van der Waals surface area contributed by atoms with Gasteiger partial charge in [0.05, 0.1) is 6.54 Å². The van der Waals surface area contributed by atoms with Gasteiger partial charge in [-0.3, -0.25) is 19.3 Å². The van der Waals surface area contributed by atoms with Crippen LogP contribution in [0.25, 0.3) is 6.08 Å². The first-order valence-corrected chi connectivity index (χ1v) is 10.9. The summed E-state index contributed by atoms with van der Waals surface area (Å²) >= 11 is 0. The molecule has 2 aromatic carbocycles. The van der Waals surface area contributed by atoms with Gasteiger partial charge in [-0.05, 0) is 41.8 Å². The van der Waals surface area contributed by atoms with Gasteiger partial charge in [-0.25, -0.2) is 0 Å². The van der Waals surface area contributed by atoms with Crippen LogP contribution in [0, 0.1) is 0 Å². The van der Waals surface area contributed by atoms with Crippen LogP contribution in [0.15, 0.2) is 54.6 Å². The van der Waals surface area contributed by atoms with E-state index in [2.05, 4.69) is 22.5 Å². The van der Waals surface area contributed by atoms with Crippen LogP contribution in [0.5, 0.6) is 0 Å². The van der Waals surface area contributed by atoms with Gasteiger partial charge in [0.15, 0.2) is 0 Å². The summed E-state index contributed by atoms with van der Waals surface area (Å²) in [6.07, 6.45) is 4.20. The molecule has 2 N–H and O–H groups in total. The molecule has 1 aliphatic heterocycles. The maximum absolute atomic E-state index is 12.5. The molecule has 0 aliphatic carbocycles. The zero-order valence-electron chi connectivity index (χ0n) is 18.6. The molecule has 0 saturated carbocycles. The largest absolute Gasteiger partial charge is 0.337 e. The fraction of sp³-hybridized carbons (Fsp3) is 0.320. The third-order valence-electron chi connectivity index (χ3n) is 5.37. The molecule has 7 nitrogen and oxygen atoms in total. The molecule has 0 spiro atoms. The van der Waals surface area contributed by atoms with Crippen molar-refractivity contribution in [3.63, 3.8) is 0 Å². The quantitative estimate of drug-likeness (QED) is 0.657. The molecule has 1 saturated heterocycles. The lowest BCUT2D eigenvalue weighted by Gasteiger charge is -2.33. The Morgan fingerprint density at radius 3 is 2.28 bits per heavy atom. The van der Waals surface area contributed by atoms with Crippen LogP contribution in [0.3, 0.4) is 0 Å². The van der Waals surface area contributed by atoms with E-state index in [9.17, 15) is 14.4 Å². The van der Waals surface area contributed by atoms with Gasteiger partial charge in [0, 0.05) is 50.6 Å². The smallest absolute Gasteiger partial charge is 0.246 e. The Labute approximate surface area is 189 Å². The molecule has 3 rings (SSSR count). The van der Waals surface area contributed by atoms with Gasteiger partial charge >= 0.3 is 0 Å². The van der Waals surface area contributed by atoms with Crippen molar-refractivity contribution in [2.24, 2.45) is 0 Å². The molecule has 0 atom stereocenters. The van der Waals surface area contributed by atoms with Crippen molar-refractivity contribution in [1.29, 1.82) is 0 Å². The van der Waals surface area contributed by atoms with Gasteiger partial charge in [-0.1, -0.05) is 37.3 Å². The first-order valence-electron chi connectivity index (χ1n) is 10.9. The highest BCUT2D eigenvalue weighted by Gasteiger charge is 2.21. The zero-order chi connectivity index (χ0) is 22.9. The van der Waals surface area contributed by atoms with Crippen molar-refractivity contribution in [2.75, 3.05) is 43.4 Å². The van der Waals surface area contributed by atoms with E-state index >= 15 is 0 Å². The van der Waals surface area contributed by atoms with Crippen LogP contribution in [0.1, 0.15) is 25.0 Å². The Morgan fingerprint density at radius 2 is 1.62 bits per heavy atom. The molecule has 0 bridgehead atoms. The summed E-state index contributed by atoms with van der Waals surface area (Å²) in [6.45, 7) is 6.34. The highest BCUT2D eigenvalue weighted by atomic mass is 16.2. The first kappa shape index (κ1) is 23.2. The summed E-state index contributed by atoms with van der Waals surface area (Å²) in [5, 5.41) is 5.71. The molecule has 2 aromatic rings. The Morgan fingerprint density at radius 1 is 0.938 bits per heavy atom. The van der Waals surface area contributed by atoms with Crippen LogP contribution >= 0.6 is 0 Å². The molecule has 3 amide bonds. The van der Waals surface area contributed by atoms with Gasteiger partial charge in [0.25, 0.3) is 0 Å². The molecule has 1 aliphatic rings. The van der Waals surface area contributed by atoms with Crippen molar-refractivity contribution >= 4 is 35.2 Å². The standard InChI is InChI=1S/C25H30N4O3/c1-3-21-6-4-5-7-23(21)27-24(31)18-28-14-16-29(17-15-28)25(32)13-10-20-8-11-22(12-9-20)26-19(2)30/h4-13H,3,14-18H2,1-2H3,(H,26,30)(H,27,31)/b13-10+. The highest BCUT2D eigenvalue weighted by molar-refractivity contribution is 5.93. The number of benzene rings is 2. The molecule has 168 valence electrons. The minimum absolute atomic E-state index is 0.0340. The maximum atomic E-state index is 12.5. The van der Waals surface area contributed by atoms with E-state index in [1.165, 1.54) is 6.92 Å². The summed E-state index contributed by atoms with van der Waals surface area (Å²) < 4.78 is 0. The molecule has 1 heterocycles. The second-order valence-corrected chi connectivity index (χ2v) is 7.80. The Balaban J connectivity index is 1.44. The number of aryl methyl sites for hydroxylation is 1. The molecular weight excluding hydrogens is 404 g/mol. The average molecular weight is 435 g/mol. The molecule has 7 heteroatoms. The predicted molar refractivity (Wildman–Crippen MR) is 127 cm³/mol. The summed E-state index contributed by atoms with van der Waals surface area (Å²) in [6, 6.07) is 15.1. The SMILES string of the molecule is CCc1ccccc1NC(=O)CN1CCN(C(=O)/C=C/c2ccc(NC(C)=O)cc2)CC1. The van der Waals surface area contributed by atoms with Gasteiger partial charge in [0.2, 0.25) is 17.7 Å². The van der Waals surface area contributed by atoms with E-state index < -0.39 is 0 Å². The van der Waals surface area contributed by atoms with Gasteiger partial charge in [-0.15, -0.1) is 0 Å². The lowest BCUT2D eigenvalue weighted by molar-refractivity contribution is -0.128.